The van der Waals surface area contributed by atoms with E-state index >= 15 is 0 Å². The Morgan fingerprint density at radius 2 is 1.48 bits per heavy atom. The van der Waals surface area contributed by atoms with Crippen molar-refractivity contribution in [1.29, 1.82) is 0 Å². The van der Waals surface area contributed by atoms with Gasteiger partial charge in [-0.2, -0.15) is 0 Å². The van der Waals surface area contributed by atoms with Crippen LogP contribution >= 0.6 is 0 Å². The molecule has 0 unspecified atom stereocenters. The monoisotopic (exact) mass is 344 g/mol. The highest BCUT2D eigenvalue weighted by Crippen LogP contribution is 2.20. The molecule has 0 fully saturated rings. The van der Waals surface area contributed by atoms with E-state index in [1.807, 2.05) is 12.1 Å². The lowest BCUT2D eigenvalue weighted by molar-refractivity contribution is -0.152. The van der Waals surface area contributed by atoms with Gasteiger partial charge in [-0.25, -0.2) is 9.59 Å². The van der Waals surface area contributed by atoms with Gasteiger partial charge in [-0.1, -0.05) is 12.1 Å². The van der Waals surface area contributed by atoms with E-state index in [0.29, 0.717) is 24.5 Å². The number of carboxylic acids is 2. The number of benzene rings is 2. The van der Waals surface area contributed by atoms with Crippen molar-refractivity contribution in [3.8, 4) is 11.5 Å². The SMILES string of the molecule is CC(C)(Oc1ccc(CCOc2ccc(C(=O)O)cc2)cc1)C(=O)O. The highest BCUT2D eigenvalue weighted by atomic mass is 16.5. The minimum absolute atomic E-state index is 0.215. The van der Waals surface area contributed by atoms with Gasteiger partial charge < -0.3 is 19.7 Å². The van der Waals surface area contributed by atoms with Gasteiger partial charge in [0.25, 0.3) is 0 Å². The average Bonchev–Trinajstić information content (AvgIpc) is 2.56. The zero-order valence-electron chi connectivity index (χ0n) is 14.1. The van der Waals surface area contributed by atoms with E-state index < -0.39 is 17.5 Å². The van der Waals surface area contributed by atoms with Crippen LogP contribution in [0.2, 0.25) is 0 Å². The van der Waals surface area contributed by atoms with Crippen LogP contribution in [-0.4, -0.2) is 34.4 Å². The molecule has 0 aliphatic rings. The van der Waals surface area contributed by atoms with E-state index in [1.54, 1.807) is 24.3 Å². The van der Waals surface area contributed by atoms with Gasteiger partial charge in [0.15, 0.2) is 5.60 Å². The molecule has 132 valence electrons. The first-order chi connectivity index (χ1) is 11.8. The Morgan fingerprint density at radius 3 is 2.00 bits per heavy atom. The number of hydrogen-bond acceptors (Lipinski definition) is 4. The lowest BCUT2D eigenvalue weighted by Gasteiger charge is -2.21. The molecule has 0 amide bonds. The van der Waals surface area contributed by atoms with Crippen LogP contribution in [-0.2, 0) is 11.2 Å². The molecular formula is C19H20O6. The second-order valence-corrected chi connectivity index (χ2v) is 5.99. The Hall–Kier alpha value is -3.02. The van der Waals surface area contributed by atoms with Crippen LogP contribution in [0.1, 0.15) is 29.8 Å². The van der Waals surface area contributed by atoms with E-state index in [1.165, 1.54) is 26.0 Å². The summed E-state index contributed by atoms with van der Waals surface area (Å²) in [5.74, 6) is -0.909. The third kappa shape index (κ3) is 5.24. The van der Waals surface area contributed by atoms with Gasteiger partial charge in [-0.15, -0.1) is 0 Å². The van der Waals surface area contributed by atoms with Gasteiger partial charge in [-0.3, -0.25) is 0 Å². The summed E-state index contributed by atoms with van der Waals surface area (Å²) in [4.78, 5) is 21.8. The summed E-state index contributed by atoms with van der Waals surface area (Å²) in [6.07, 6.45) is 0.656. The maximum Gasteiger partial charge on any atom is 0.347 e. The number of aliphatic carboxylic acids is 1. The Bertz CT molecular complexity index is 732. The lowest BCUT2D eigenvalue weighted by atomic mass is 10.1. The minimum atomic E-state index is -1.28. The molecule has 0 spiro atoms. The summed E-state index contributed by atoms with van der Waals surface area (Å²) >= 11 is 0. The number of aromatic carboxylic acids is 1. The van der Waals surface area contributed by atoms with Crippen LogP contribution in [0.15, 0.2) is 48.5 Å². The molecule has 0 radical (unpaired) electrons. The zero-order chi connectivity index (χ0) is 18.4. The lowest BCUT2D eigenvalue weighted by Crippen LogP contribution is -2.37. The number of ether oxygens (including phenoxy) is 2. The number of rotatable bonds is 8. The maximum atomic E-state index is 11.1. The van der Waals surface area contributed by atoms with Gasteiger partial charge in [0, 0.05) is 6.42 Å². The molecule has 0 aromatic heterocycles. The average molecular weight is 344 g/mol. The number of carbonyl (C=O) groups is 2. The summed E-state index contributed by atoms with van der Waals surface area (Å²) in [5.41, 5.74) is -0.0536. The minimum Gasteiger partial charge on any atom is -0.493 e. The Labute approximate surface area is 145 Å². The van der Waals surface area contributed by atoms with Crippen molar-refractivity contribution in [2.24, 2.45) is 0 Å². The van der Waals surface area contributed by atoms with Crippen LogP contribution < -0.4 is 9.47 Å². The van der Waals surface area contributed by atoms with Crippen molar-refractivity contribution in [2.45, 2.75) is 25.9 Å². The summed E-state index contributed by atoms with van der Waals surface area (Å²) in [7, 11) is 0. The highest BCUT2D eigenvalue weighted by molar-refractivity contribution is 5.87. The molecule has 0 aliphatic heterocycles. The van der Waals surface area contributed by atoms with Crippen LogP contribution in [0, 0.1) is 0 Å². The molecule has 25 heavy (non-hydrogen) atoms. The molecule has 2 rings (SSSR count). The quantitative estimate of drug-likeness (QED) is 0.763. The van der Waals surface area contributed by atoms with Gasteiger partial charge in [0.1, 0.15) is 11.5 Å². The van der Waals surface area contributed by atoms with Crippen molar-refractivity contribution in [2.75, 3.05) is 6.61 Å². The molecule has 0 bridgehead atoms. The van der Waals surface area contributed by atoms with Crippen LogP contribution in [0.4, 0.5) is 0 Å². The third-order valence-electron chi connectivity index (χ3n) is 3.57. The fourth-order valence-electron chi connectivity index (χ4n) is 2.04. The van der Waals surface area contributed by atoms with Crippen molar-refractivity contribution in [3.63, 3.8) is 0 Å². The van der Waals surface area contributed by atoms with Crippen LogP contribution in [0.3, 0.4) is 0 Å². The van der Waals surface area contributed by atoms with E-state index in [9.17, 15) is 9.59 Å². The van der Waals surface area contributed by atoms with Crippen molar-refractivity contribution < 1.29 is 29.3 Å². The van der Waals surface area contributed by atoms with E-state index in [0.717, 1.165) is 5.56 Å². The third-order valence-corrected chi connectivity index (χ3v) is 3.57. The van der Waals surface area contributed by atoms with Crippen molar-refractivity contribution in [3.05, 3.63) is 59.7 Å². The molecule has 6 nitrogen and oxygen atoms in total. The molecule has 2 N–H and O–H groups in total. The van der Waals surface area contributed by atoms with Gasteiger partial charge >= 0.3 is 11.9 Å². The van der Waals surface area contributed by atoms with Crippen LogP contribution in [0.25, 0.3) is 0 Å². The molecule has 0 aliphatic carbocycles. The number of hydrogen-bond donors (Lipinski definition) is 2. The fourth-order valence-corrected chi connectivity index (χ4v) is 2.04. The Balaban J connectivity index is 1.85. The summed E-state index contributed by atoms with van der Waals surface area (Å²) in [6.45, 7) is 3.42. The molecule has 2 aromatic carbocycles. The summed E-state index contributed by atoms with van der Waals surface area (Å²) in [5, 5.41) is 17.9. The van der Waals surface area contributed by atoms with Crippen molar-refractivity contribution >= 4 is 11.9 Å². The predicted octanol–water partition coefficient (Wildman–Crippen LogP) is 3.25. The summed E-state index contributed by atoms with van der Waals surface area (Å²) < 4.78 is 11.0. The molecule has 0 atom stereocenters. The number of carboxylic acid groups (broad SMARTS) is 2. The second-order valence-electron chi connectivity index (χ2n) is 5.99. The normalized spacial score (nSPS) is 11.0. The van der Waals surface area contributed by atoms with E-state index in [2.05, 4.69) is 0 Å². The van der Waals surface area contributed by atoms with Crippen LogP contribution in [0.5, 0.6) is 11.5 Å². The fraction of sp³-hybridized carbons (Fsp3) is 0.263. The Morgan fingerprint density at radius 1 is 0.920 bits per heavy atom. The Kier molecular flexibility index (Phi) is 5.64. The maximum absolute atomic E-state index is 11.1. The molecule has 0 saturated carbocycles. The largest absolute Gasteiger partial charge is 0.493 e. The first-order valence-corrected chi connectivity index (χ1v) is 7.75. The molecule has 6 heteroatoms. The van der Waals surface area contributed by atoms with Crippen molar-refractivity contribution in [1.82, 2.24) is 0 Å². The molecule has 2 aromatic rings. The molecular weight excluding hydrogens is 324 g/mol. The topological polar surface area (TPSA) is 93.1 Å². The highest BCUT2D eigenvalue weighted by Gasteiger charge is 2.29. The second kappa shape index (κ2) is 7.70. The van der Waals surface area contributed by atoms with E-state index in [-0.39, 0.29) is 5.56 Å². The first-order valence-electron chi connectivity index (χ1n) is 7.75. The summed E-state index contributed by atoms with van der Waals surface area (Å²) in [6, 6.07) is 13.4. The van der Waals surface area contributed by atoms with Gasteiger partial charge in [0.2, 0.25) is 0 Å². The van der Waals surface area contributed by atoms with Gasteiger partial charge in [0.05, 0.1) is 12.2 Å². The molecule has 0 saturated heterocycles. The van der Waals surface area contributed by atoms with E-state index in [4.69, 9.17) is 19.7 Å². The molecule has 0 heterocycles. The predicted molar refractivity (Wildman–Crippen MR) is 91.4 cm³/mol. The standard InChI is InChI=1S/C19H20O6/c1-19(2,18(22)23)25-16-7-3-13(4-8-16)11-12-24-15-9-5-14(6-10-15)17(20)21/h3-10H,11-12H2,1-2H3,(H,20,21)(H,22,23). The van der Waals surface area contributed by atoms with Gasteiger partial charge in [-0.05, 0) is 55.8 Å². The zero-order valence-corrected chi connectivity index (χ0v) is 14.1. The first kappa shape index (κ1) is 18.3. The smallest absolute Gasteiger partial charge is 0.347 e.